The maximum Gasteiger partial charge on any atom is 0.183 e. The maximum absolute atomic E-state index is 5.74. The van der Waals surface area contributed by atoms with E-state index >= 15 is 0 Å². The third-order valence-corrected chi connectivity index (χ3v) is 3.93. The highest BCUT2D eigenvalue weighted by molar-refractivity contribution is 7.15. The number of ether oxygens (including phenoxy) is 1. The highest BCUT2D eigenvalue weighted by atomic mass is 35.5. The summed E-state index contributed by atoms with van der Waals surface area (Å²) in [5, 5.41) is 3.42. The van der Waals surface area contributed by atoms with Crippen LogP contribution in [-0.4, -0.2) is 24.7 Å². The van der Waals surface area contributed by atoms with Gasteiger partial charge in [-0.1, -0.05) is 11.6 Å². The first kappa shape index (κ1) is 12.3. The van der Waals surface area contributed by atoms with Gasteiger partial charge in [0.25, 0.3) is 0 Å². The maximum atomic E-state index is 5.74. The number of hydrogen-bond acceptors (Lipinski definition) is 4. The van der Waals surface area contributed by atoms with Gasteiger partial charge in [-0.05, 0) is 38.3 Å². The number of nitrogens with one attached hydrogen (secondary N) is 1. The molecule has 2 heterocycles. The van der Waals surface area contributed by atoms with Crippen molar-refractivity contribution in [2.45, 2.75) is 25.9 Å². The molecule has 1 aromatic heterocycles. The molecule has 3 nitrogen and oxygen atoms in total. The molecule has 0 unspecified atom stereocenters. The zero-order valence-corrected chi connectivity index (χ0v) is 10.8. The Kier molecular flexibility index (Phi) is 5.03. The highest BCUT2D eigenvalue weighted by Crippen LogP contribution is 2.19. The third-order valence-electron chi connectivity index (χ3n) is 2.84. The molecule has 1 N–H and O–H groups in total. The van der Waals surface area contributed by atoms with Crippen LogP contribution in [0.1, 0.15) is 24.1 Å². The molecule has 1 aliphatic rings. The summed E-state index contributed by atoms with van der Waals surface area (Å²) in [4.78, 5) is 5.08. The summed E-state index contributed by atoms with van der Waals surface area (Å²) in [6.07, 6.45) is 5.58. The summed E-state index contributed by atoms with van der Waals surface area (Å²) in [6.45, 7) is 3.80. The zero-order valence-electron chi connectivity index (χ0n) is 9.25. The molecule has 1 fully saturated rings. The van der Waals surface area contributed by atoms with Gasteiger partial charge < -0.3 is 10.1 Å². The molecule has 0 radical (unpaired) electrons. The summed E-state index contributed by atoms with van der Waals surface area (Å²) in [5.41, 5.74) is 0. The average Bonchev–Trinajstić information content (AvgIpc) is 2.72. The Balaban J connectivity index is 1.57. The summed E-state index contributed by atoms with van der Waals surface area (Å²) >= 11 is 7.23. The van der Waals surface area contributed by atoms with Gasteiger partial charge in [0.05, 0.1) is 11.5 Å². The quantitative estimate of drug-likeness (QED) is 0.827. The van der Waals surface area contributed by atoms with Crippen LogP contribution < -0.4 is 5.32 Å². The summed E-state index contributed by atoms with van der Waals surface area (Å²) in [7, 11) is 0. The minimum Gasteiger partial charge on any atom is -0.376 e. The van der Waals surface area contributed by atoms with E-state index in [0.29, 0.717) is 11.1 Å². The lowest BCUT2D eigenvalue weighted by molar-refractivity contribution is 0.105. The van der Waals surface area contributed by atoms with E-state index in [1.54, 1.807) is 6.20 Å². The van der Waals surface area contributed by atoms with Crippen LogP contribution in [-0.2, 0) is 11.3 Å². The van der Waals surface area contributed by atoms with Crippen LogP contribution in [0.4, 0.5) is 0 Å². The molecule has 0 spiro atoms. The Hall–Kier alpha value is -0.160. The lowest BCUT2D eigenvalue weighted by Gasteiger charge is -2.22. The summed E-state index contributed by atoms with van der Waals surface area (Å²) < 4.78 is 6.21. The Morgan fingerprint density at radius 1 is 1.62 bits per heavy atom. The van der Waals surface area contributed by atoms with Gasteiger partial charge in [-0.15, -0.1) is 11.3 Å². The minimum atomic E-state index is 0.593. The number of nitrogens with zero attached hydrogens (tertiary/aromatic N) is 1. The average molecular weight is 261 g/mol. The first-order valence-electron chi connectivity index (χ1n) is 5.73. The molecule has 5 heteroatoms. The third kappa shape index (κ3) is 4.01. The standard InChI is InChI=1S/C11H17ClN2OS/c12-11-14-7-10(16-11)8-15-5-3-9-2-1-4-13-6-9/h7,9,13H,1-6,8H2/t9-/m1/s1. The van der Waals surface area contributed by atoms with E-state index in [-0.39, 0.29) is 0 Å². The Bertz CT molecular complexity index is 313. The molecule has 0 aliphatic carbocycles. The van der Waals surface area contributed by atoms with Gasteiger partial charge in [0.15, 0.2) is 4.47 Å². The number of thiazole rings is 1. The highest BCUT2D eigenvalue weighted by Gasteiger charge is 2.12. The van der Waals surface area contributed by atoms with Crippen LogP contribution in [0.3, 0.4) is 0 Å². The van der Waals surface area contributed by atoms with Crippen LogP contribution in [0, 0.1) is 5.92 Å². The number of rotatable bonds is 5. The van der Waals surface area contributed by atoms with Gasteiger partial charge >= 0.3 is 0 Å². The monoisotopic (exact) mass is 260 g/mol. The van der Waals surface area contributed by atoms with Crippen LogP contribution in [0.15, 0.2) is 6.20 Å². The van der Waals surface area contributed by atoms with Crippen molar-refractivity contribution in [1.29, 1.82) is 0 Å². The van der Waals surface area contributed by atoms with Gasteiger partial charge in [0, 0.05) is 12.8 Å². The Morgan fingerprint density at radius 3 is 3.25 bits per heavy atom. The molecule has 0 bridgehead atoms. The fraction of sp³-hybridized carbons (Fsp3) is 0.727. The Morgan fingerprint density at radius 2 is 2.56 bits per heavy atom. The molecule has 1 aliphatic heterocycles. The fourth-order valence-corrected chi connectivity index (χ4v) is 2.86. The predicted octanol–water partition coefficient (Wildman–Crippen LogP) is 2.70. The summed E-state index contributed by atoms with van der Waals surface area (Å²) in [6, 6.07) is 0. The molecule has 0 aromatic carbocycles. The molecule has 1 atom stereocenters. The van der Waals surface area contributed by atoms with Crippen molar-refractivity contribution in [3.63, 3.8) is 0 Å². The zero-order chi connectivity index (χ0) is 11.2. The molecule has 2 rings (SSSR count). The van der Waals surface area contributed by atoms with Crippen molar-refractivity contribution in [3.8, 4) is 0 Å². The molecular weight excluding hydrogens is 244 g/mol. The van der Waals surface area contributed by atoms with Crippen LogP contribution in [0.2, 0.25) is 4.47 Å². The molecular formula is C11H17ClN2OS. The minimum absolute atomic E-state index is 0.593. The topological polar surface area (TPSA) is 34.1 Å². The number of aromatic nitrogens is 1. The molecule has 0 amide bonds. The van der Waals surface area contributed by atoms with Gasteiger partial charge in [-0.25, -0.2) is 4.98 Å². The smallest absolute Gasteiger partial charge is 0.183 e. The van der Waals surface area contributed by atoms with E-state index in [4.69, 9.17) is 16.3 Å². The number of halogens is 1. The van der Waals surface area contributed by atoms with E-state index < -0.39 is 0 Å². The van der Waals surface area contributed by atoms with E-state index in [2.05, 4.69) is 10.3 Å². The van der Waals surface area contributed by atoms with Gasteiger partial charge in [-0.3, -0.25) is 0 Å². The lowest BCUT2D eigenvalue weighted by Crippen LogP contribution is -2.30. The van der Waals surface area contributed by atoms with Gasteiger partial charge in [0.1, 0.15) is 0 Å². The number of piperidine rings is 1. The van der Waals surface area contributed by atoms with Crippen LogP contribution >= 0.6 is 22.9 Å². The van der Waals surface area contributed by atoms with Crippen molar-refractivity contribution in [2.24, 2.45) is 5.92 Å². The second kappa shape index (κ2) is 6.55. The first-order valence-corrected chi connectivity index (χ1v) is 6.92. The van der Waals surface area contributed by atoms with Crippen molar-refractivity contribution in [1.82, 2.24) is 10.3 Å². The van der Waals surface area contributed by atoms with E-state index in [9.17, 15) is 0 Å². The lowest BCUT2D eigenvalue weighted by atomic mass is 9.97. The second-order valence-corrected chi connectivity index (χ2v) is 5.83. The van der Waals surface area contributed by atoms with Crippen molar-refractivity contribution in [3.05, 3.63) is 15.5 Å². The fourth-order valence-electron chi connectivity index (χ4n) is 1.94. The molecule has 1 aromatic rings. The van der Waals surface area contributed by atoms with E-state index in [1.165, 1.54) is 30.7 Å². The van der Waals surface area contributed by atoms with Gasteiger partial charge in [-0.2, -0.15) is 0 Å². The van der Waals surface area contributed by atoms with E-state index in [0.717, 1.165) is 30.4 Å². The van der Waals surface area contributed by atoms with Gasteiger partial charge in [0.2, 0.25) is 0 Å². The van der Waals surface area contributed by atoms with Crippen molar-refractivity contribution < 1.29 is 4.74 Å². The molecule has 0 saturated carbocycles. The molecule has 1 saturated heterocycles. The first-order chi connectivity index (χ1) is 7.84. The SMILES string of the molecule is Clc1ncc(COCC[C@H]2CCCNC2)s1. The van der Waals surface area contributed by atoms with Crippen LogP contribution in [0.25, 0.3) is 0 Å². The molecule has 16 heavy (non-hydrogen) atoms. The largest absolute Gasteiger partial charge is 0.376 e. The van der Waals surface area contributed by atoms with E-state index in [1.807, 2.05) is 0 Å². The molecule has 90 valence electrons. The van der Waals surface area contributed by atoms with Crippen LogP contribution in [0.5, 0.6) is 0 Å². The normalized spacial score (nSPS) is 21.2. The predicted molar refractivity (Wildman–Crippen MR) is 67.0 cm³/mol. The summed E-state index contributed by atoms with van der Waals surface area (Å²) in [5.74, 6) is 0.791. The van der Waals surface area contributed by atoms with Crippen molar-refractivity contribution in [2.75, 3.05) is 19.7 Å². The number of hydrogen-bond donors (Lipinski definition) is 1. The van der Waals surface area contributed by atoms with Crippen molar-refractivity contribution >= 4 is 22.9 Å². The Labute approximate surface area is 105 Å². The second-order valence-electron chi connectivity index (χ2n) is 4.13.